The summed E-state index contributed by atoms with van der Waals surface area (Å²) in [5, 5.41) is 5.60. The molecule has 0 saturated carbocycles. The zero-order chi connectivity index (χ0) is 22.3. The molecule has 2 amide bonds. The fourth-order valence-electron chi connectivity index (χ4n) is 2.97. The molecule has 0 fully saturated rings. The number of carbonyl (C=O) groups is 4. The maximum Gasteiger partial charge on any atom is 0.303 e. The summed E-state index contributed by atoms with van der Waals surface area (Å²) in [6, 6.07) is 0. The van der Waals surface area contributed by atoms with Crippen molar-refractivity contribution >= 4 is 29.4 Å². The van der Waals surface area contributed by atoms with Crippen LogP contribution in [0, 0.1) is 27.7 Å². The van der Waals surface area contributed by atoms with Crippen LogP contribution < -0.4 is 10.6 Å². The van der Waals surface area contributed by atoms with Crippen molar-refractivity contribution in [1.29, 1.82) is 0 Å². The predicted molar refractivity (Wildman–Crippen MR) is 109 cm³/mol. The van der Waals surface area contributed by atoms with E-state index in [-0.39, 0.29) is 25.0 Å². The third-order valence-electron chi connectivity index (χ3n) is 4.73. The smallest absolute Gasteiger partial charge is 0.303 e. The van der Waals surface area contributed by atoms with Gasteiger partial charge < -0.3 is 20.1 Å². The van der Waals surface area contributed by atoms with E-state index < -0.39 is 18.0 Å². The summed E-state index contributed by atoms with van der Waals surface area (Å²) in [5.41, 5.74) is 4.36. The van der Waals surface area contributed by atoms with Crippen molar-refractivity contribution in [1.82, 2.24) is 5.32 Å². The number of benzene rings is 1. The van der Waals surface area contributed by atoms with Gasteiger partial charge in [-0.05, 0) is 49.9 Å². The van der Waals surface area contributed by atoms with Gasteiger partial charge in [0, 0.05) is 31.5 Å². The molecule has 0 aliphatic rings. The lowest BCUT2D eigenvalue weighted by atomic mass is 9.91. The number of nitrogens with one attached hydrogen (secondary N) is 2. The van der Waals surface area contributed by atoms with Crippen LogP contribution in [0.2, 0.25) is 0 Å². The number of amides is 2. The van der Waals surface area contributed by atoms with Crippen LogP contribution in [0.3, 0.4) is 0 Å². The van der Waals surface area contributed by atoms with Crippen molar-refractivity contribution in [2.45, 2.75) is 61.0 Å². The Hall–Kier alpha value is -2.90. The fraction of sp³-hybridized carbons (Fsp3) is 0.524. The largest absolute Gasteiger partial charge is 0.462 e. The zero-order valence-corrected chi connectivity index (χ0v) is 18.1. The maximum absolute atomic E-state index is 12.9. The van der Waals surface area contributed by atoms with E-state index >= 15 is 0 Å². The van der Waals surface area contributed by atoms with Gasteiger partial charge in [0.25, 0.3) is 5.91 Å². The summed E-state index contributed by atoms with van der Waals surface area (Å²) in [7, 11) is 0. The highest BCUT2D eigenvalue weighted by molar-refractivity contribution is 6.01. The normalized spacial score (nSPS) is 11.4. The molecule has 0 aliphatic heterocycles. The van der Waals surface area contributed by atoms with E-state index in [1.54, 1.807) is 13.8 Å². The van der Waals surface area contributed by atoms with Crippen LogP contribution in [0.25, 0.3) is 0 Å². The van der Waals surface area contributed by atoms with E-state index in [1.165, 1.54) is 13.8 Å². The molecular weight excluding hydrogens is 376 g/mol. The van der Waals surface area contributed by atoms with Gasteiger partial charge in [-0.3, -0.25) is 19.2 Å². The third-order valence-corrected chi connectivity index (χ3v) is 4.73. The molecule has 1 rings (SSSR count). The third kappa shape index (κ3) is 6.58. The summed E-state index contributed by atoms with van der Waals surface area (Å²) >= 11 is 0. The molecule has 0 saturated heterocycles. The van der Waals surface area contributed by atoms with Crippen LogP contribution in [-0.2, 0) is 23.9 Å². The second-order valence-corrected chi connectivity index (χ2v) is 6.90. The van der Waals surface area contributed by atoms with E-state index in [0.717, 1.165) is 16.7 Å². The second-order valence-electron chi connectivity index (χ2n) is 6.90. The van der Waals surface area contributed by atoms with Crippen LogP contribution in [0.1, 0.15) is 59.8 Å². The van der Waals surface area contributed by atoms with Crippen molar-refractivity contribution in [3.05, 3.63) is 27.8 Å². The molecule has 0 radical (unpaired) electrons. The van der Waals surface area contributed by atoms with E-state index in [2.05, 4.69) is 10.6 Å². The first-order valence-electron chi connectivity index (χ1n) is 9.48. The highest BCUT2D eigenvalue weighted by Crippen LogP contribution is 2.31. The average Bonchev–Trinajstić information content (AvgIpc) is 2.65. The Morgan fingerprint density at radius 3 is 2.03 bits per heavy atom. The Kier molecular flexibility index (Phi) is 8.82. The predicted octanol–water partition coefficient (Wildman–Crippen LogP) is 2.49. The summed E-state index contributed by atoms with van der Waals surface area (Å²) in [6.45, 7) is 11.5. The lowest BCUT2D eigenvalue weighted by Crippen LogP contribution is -2.38. The van der Waals surface area contributed by atoms with Crippen molar-refractivity contribution in [2.24, 2.45) is 0 Å². The molecule has 1 atom stereocenters. The molecule has 1 aromatic carbocycles. The van der Waals surface area contributed by atoms with Crippen molar-refractivity contribution in [3.63, 3.8) is 0 Å². The van der Waals surface area contributed by atoms with Crippen molar-refractivity contribution in [2.75, 3.05) is 18.5 Å². The SMILES string of the molecule is CCC(=O)Nc1c(C)c(C)c(C)c(C(=O)NCC(COC(C)=O)OC(C)=O)c1C. The van der Waals surface area contributed by atoms with Crippen molar-refractivity contribution in [3.8, 4) is 0 Å². The summed E-state index contributed by atoms with van der Waals surface area (Å²) < 4.78 is 9.98. The molecular formula is C21H30N2O6. The minimum Gasteiger partial charge on any atom is -0.462 e. The van der Waals surface area contributed by atoms with Gasteiger partial charge in [0.2, 0.25) is 5.91 Å². The first-order chi connectivity index (χ1) is 13.5. The van der Waals surface area contributed by atoms with Gasteiger partial charge in [0.15, 0.2) is 6.10 Å². The van der Waals surface area contributed by atoms with Gasteiger partial charge >= 0.3 is 11.9 Å². The summed E-state index contributed by atoms with van der Waals surface area (Å²) in [4.78, 5) is 47.1. The highest BCUT2D eigenvalue weighted by Gasteiger charge is 2.22. The van der Waals surface area contributed by atoms with Crippen LogP contribution in [0.15, 0.2) is 0 Å². The van der Waals surface area contributed by atoms with Gasteiger partial charge in [-0.2, -0.15) is 0 Å². The lowest BCUT2D eigenvalue weighted by Gasteiger charge is -2.22. The first kappa shape index (κ1) is 24.1. The monoisotopic (exact) mass is 406 g/mol. The van der Waals surface area contributed by atoms with Crippen LogP contribution in [0.4, 0.5) is 5.69 Å². The van der Waals surface area contributed by atoms with Gasteiger partial charge in [-0.15, -0.1) is 0 Å². The average molecular weight is 406 g/mol. The molecule has 1 aromatic rings. The van der Waals surface area contributed by atoms with Gasteiger partial charge in [0.05, 0.1) is 6.54 Å². The number of ether oxygens (including phenoxy) is 2. The molecule has 8 heteroatoms. The topological polar surface area (TPSA) is 111 Å². The number of rotatable bonds is 8. The molecule has 0 heterocycles. The summed E-state index contributed by atoms with van der Waals surface area (Å²) in [6.07, 6.45) is -0.472. The van der Waals surface area contributed by atoms with E-state index in [4.69, 9.17) is 9.47 Å². The Morgan fingerprint density at radius 2 is 1.52 bits per heavy atom. The van der Waals surface area contributed by atoms with Crippen LogP contribution >= 0.6 is 0 Å². The molecule has 29 heavy (non-hydrogen) atoms. The highest BCUT2D eigenvalue weighted by atomic mass is 16.6. The molecule has 0 spiro atoms. The van der Waals surface area contributed by atoms with E-state index in [9.17, 15) is 19.2 Å². The molecule has 160 valence electrons. The van der Waals surface area contributed by atoms with E-state index in [1.807, 2.05) is 20.8 Å². The molecule has 0 bridgehead atoms. The lowest BCUT2D eigenvalue weighted by molar-refractivity contribution is -0.155. The summed E-state index contributed by atoms with van der Waals surface area (Å²) in [5.74, 6) is -1.55. The van der Waals surface area contributed by atoms with E-state index in [0.29, 0.717) is 23.2 Å². The van der Waals surface area contributed by atoms with Gasteiger partial charge in [-0.1, -0.05) is 6.92 Å². The maximum atomic E-state index is 12.9. The number of esters is 2. The minimum atomic E-state index is -0.799. The fourth-order valence-corrected chi connectivity index (χ4v) is 2.97. The molecule has 1 unspecified atom stereocenters. The number of anilines is 1. The number of hydrogen-bond acceptors (Lipinski definition) is 6. The van der Waals surface area contributed by atoms with Gasteiger partial charge in [0.1, 0.15) is 6.61 Å². The zero-order valence-electron chi connectivity index (χ0n) is 18.1. The Morgan fingerprint density at radius 1 is 0.897 bits per heavy atom. The standard InChI is InChI=1S/C21H30N2O6/c1-8-18(26)23-20-13(4)11(2)12(3)19(14(20)5)21(27)22-9-17(29-16(7)25)10-28-15(6)24/h17H,8-10H2,1-7H3,(H,22,27)(H,23,26). The van der Waals surface area contributed by atoms with Crippen LogP contribution in [-0.4, -0.2) is 43.0 Å². The molecule has 2 N–H and O–H groups in total. The Labute approximate surface area is 171 Å². The quantitative estimate of drug-likeness (QED) is 0.642. The molecule has 0 aliphatic carbocycles. The minimum absolute atomic E-state index is 0.0197. The number of hydrogen-bond donors (Lipinski definition) is 2. The Bertz CT molecular complexity index is 816. The van der Waals surface area contributed by atoms with Crippen molar-refractivity contribution < 1.29 is 28.7 Å². The Balaban J connectivity index is 3.12. The molecule has 0 aromatic heterocycles. The number of carbonyl (C=O) groups excluding carboxylic acids is 4. The molecule has 8 nitrogen and oxygen atoms in total. The second kappa shape index (κ2) is 10.6. The first-order valence-corrected chi connectivity index (χ1v) is 9.48. The van der Waals surface area contributed by atoms with Gasteiger partial charge in [-0.25, -0.2) is 0 Å². The van der Waals surface area contributed by atoms with Crippen LogP contribution in [0.5, 0.6) is 0 Å².